The lowest BCUT2D eigenvalue weighted by atomic mass is 10.1. The second-order valence-electron chi connectivity index (χ2n) is 6.97. The average Bonchev–Trinajstić information content (AvgIpc) is 2.76. The fourth-order valence-corrected chi connectivity index (χ4v) is 4.44. The Hall–Kier alpha value is -3.65. The molecule has 0 aromatic heterocycles. The normalized spacial score (nSPS) is 11.4. The maximum absolute atomic E-state index is 13.3. The number of phenols is 1. The first kappa shape index (κ1) is 22.0. The Labute approximate surface area is 181 Å². The Morgan fingerprint density at radius 1 is 1.03 bits per heavy atom. The smallest absolute Gasteiger partial charge is 0.264 e. The number of phenolic OH excluding ortho intramolecular Hbond substituents is 1. The zero-order chi connectivity index (χ0) is 22.4. The molecule has 3 rings (SSSR count). The molecule has 8 heteroatoms. The van der Waals surface area contributed by atoms with E-state index in [1.807, 2.05) is 19.1 Å². The van der Waals surface area contributed by atoms with Crippen LogP contribution in [0.25, 0.3) is 0 Å². The molecule has 0 saturated carbocycles. The van der Waals surface area contributed by atoms with Crippen LogP contribution in [0.3, 0.4) is 0 Å². The molecule has 0 spiro atoms. The Kier molecular flexibility index (Phi) is 6.71. The first-order valence-electron chi connectivity index (χ1n) is 9.54. The molecule has 31 heavy (non-hydrogen) atoms. The molecule has 0 unspecified atom stereocenters. The standard InChI is InChI=1S/C23H23N3O4S/c1-17-12-13-18(2)21(14-17)26(31(29,30)20-9-4-3-5-10-20)16-23(28)25-24-15-19-8-6-7-11-22(19)27/h3-15,27H,16H2,1-2H3,(H,25,28)/b24-15-. The van der Waals surface area contributed by atoms with Gasteiger partial charge in [-0.15, -0.1) is 0 Å². The van der Waals surface area contributed by atoms with E-state index in [-0.39, 0.29) is 10.6 Å². The van der Waals surface area contributed by atoms with E-state index in [9.17, 15) is 18.3 Å². The second kappa shape index (κ2) is 9.44. The van der Waals surface area contributed by atoms with Crippen LogP contribution < -0.4 is 9.73 Å². The zero-order valence-electron chi connectivity index (χ0n) is 17.2. The Bertz CT molecular complexity index is 1210. The summed E-state index contributed by atoms with van der Waals surface area (Å²) in [4.78, 5) is 12.7. The number of carbonyl (C=O) groups excluding carboxylic acids is 1. The molecule has 0 fully saturated rings. The highest BCUT2D eigenvalue weighted by Crippen LogP contribution is 2.27. The van der Waals surface area contributed by atoms with E-state index >= 15 is 0 Å². The molecule has 160 valence electrons. The molecular formula is C23H23N3O4S. The number of para-hydroxylation sites is 1. The maximum atomic E-state index is 13.3. The fraction of sp³-hybridized carbons (Fsp3) is 0.130. The zero-order valence-corrected chi connectivity index (χ0v) is 18.0. The fourth-order valence-electron chi connectivity index (χ4n) is 2.94. The third-order valence-electron chi connectivity index (χ3n) is 4.58. The van der Waals surface area contributed by atoms with E-state index in [1.165, 1.54) is 24.4 Å². The third kappa shape index (κ3) is 5.29. The lowest BCUT2D eigenvalue weighted by molar-refractivity contribution is -0.119. The molecule has 0 saturated heterocycles. The summed E-state index contributed by atoms with van der Waals surface area (Å²) in [6.45, 7) is 3.18. The summed E-state index contributed by atoms with van der Waals surface area (Å²) < 4.78 is 27.8. The Morgan fingerprint density at radius 3 is 2.42 bits per heavy atom. The highest BCUT2D eigenvalue weighted by molar-refractivity contribution is 7.92. The summed E-state index contributed by atoms with van der Waals surface area (Å²) in [5, 5.41) is 13.6. The van der Waals surface area contributed by atoms with Gasteiger partial charge in [0.2, 0.25) is 0 Å². The molecular weight excluding hydrogens is 414 g/mol. The van der Waals surface area contributed by atoms with Gasteiger partial charge < -0.3 is 5.11 Å². The molecule has 0 heterocycles. The van der Waals surface area contributed by atoms with Gasteiger partial charge in [0.15, 0.2) is 0 Å². The predicted molar refractivity (Wildman–Crippen MR) is 121 cm³/mol. The summed E-state index contributed by atoms with van der Waals surface area (Å²) in [5.41, 5.74) is 4.76. The molecule has 2 N–H and O–H groups in total. The van der Waals surface area contributed by atoms with Crippen LogP contribution in [-0.4, -0.2) is 32.2 Å². The van der Waals surface area contributed by atoms with Crippen molar-refractivity contribution in [3.05, 3.63) is 89.5 Å². The maximum Gasteiger partial charge on any atom is 0.264 e. The van der Waals surface area contributed by atoms with Gasteiger partial charge in [-0.3, -0.25) is 9.10 Å². The van der Waals surface area contributed by atoms with Gasteiger partial charge in [0.05, 0.1) is 16.8 Å². The van der Waals surface area contributed by atoms with Crippen molar-refractivity contribution in [3.8, 4) is 5.75 Å². The van der Waals surface area contributed by atoms with E-state index in [0.717, 1.165) is 15.4 Å². The number of nitrogens with zero attached hydrogens (tertiary/aromatic N) is 2. The minimum Gasteiger partial charge on any atom is -0.507 e. The molecule has 3 aromatic carbocycles. The molecule has 0 radical (unpaired) electrons. The van der Waals surface area contributed by atoms with Crippen LogP contribution in [0.4, 0.5) is 5.69 Å². The molecule has 7 nitrogen and oxygen atoms in total. The third-order valence-corrected chi connectivity index (χ3v) is 6.36. The van der Waals surface area contributed by atoms with Crippen LogP contribution in [0, 0.1) is 13.8 Å². The highest BCUT2D eigenvalue weighted by atomic mass is 32.2. The van der Waals surface area contributed by atoms with Crippen molar-refractivity contribution in [2.24, 2.45) is 5.10 Å². The molecule has 0 atom stereocenters. The number of carbonyl (C=O) groups is 1. The number of sulfonamides is 1. The molecule has 3 aromatic rings. The van der Waals surface area contributed by atoms with Gasteiger partial charge in [0, 0.05) is 5.56 Å². The van der Waals surface area contributed by atoms with Crippen LogP contribution in [0.5, 0.6) is 5.75 Å². The monoisotopic (exact) mass is 437 g/mol. The summed E-state index contributed by atoms with van der Waals surface area (Å²) in [7, 11) is -3.99. The Balaban J connectivity index is 1.89. The van der Waals surface area contributed by atoms with Crippen molar-refractivity contribution < 1.29 is 18.3 Å². The summed E-state index contributed by atoms with van der Waals surface area (Å²) >= 11 is 0. The molecule has 0 aliphatic rings. The van der Waals surface area contributed by atoms with Gasteiger partial charge >= 0.3 is 0 Å². The van der Waals surface area contributed by atoms with Crippen molar-refractivity contribution in [2.45, 2.75) is 18.7 Å². The summed E-state index contributed by atoms with van der Waals surface area (Å²) in [6, 6.07) is 19.9. The van der Waals surface area contributed by atoms with Crippen molar-refractivity contribution in [2.75, 3.05) is 10.8 Å². The van der Waals surface area contributed by atoms with E-state index in [1.54, 1.807) is 49.4 Å². The second-order valence-corrected chi connectivity index (χ2v) is 8.83. The molecule has 0 aliphatic heterocycles. The number of rotatable bonds is 7. The number of anilines is 1. The van der Waals surface area contributed by atoms with Gasteiger partial charge in [-0.2, -0.15) is 5.10 Å². The van der Waals surface area contributed by atoms with Gasteiger partial charge in [0.1, 0.15) is 12.3 Å². The van der Waals surface area contributed by atoms with Crippen molar-refractivity contribution in [3.63, 3.8) is 0 Å². The predicted octanol–water partition coefficient (Wildman–Crippen LogP) is 3.35. The van der Waals surface area contributed by atoms with E-state index in [4.69, 9.17) is 0 Å². The Morgan fingerprint density at radius 2 is 1.71 bits per heavy atom. The van der Waals surface area contributed by atoms with Gasteiger partial charge in [0.25, 0.3) is 15.9 Å². The highest BCUT2D eigenvalue weighted by Gasteiger charge is 2.28. The lowest BCUT2D eigenvalue weighted by Crippen LogP contribution is -2.40. The number of hydrogen-bond donors (Lipinski definition) is 2. The quantitative estimate of drug-likeness (QED) is 0.437. The van der Waals surface area contributed by atoms with Crippen molar-refractivity contribution in [1.29, 1.82) is 0 Å². The van der Waals surface area contributed by atoms with Crippen LogP contribution in [0.1, 0.15) is 16.7 Å². The number of nitrogens with one attached hydrogen (secondary N) is 1. The largest absolute Gasteiger partial charge is 0.507 e. The van der Waals surface area contributed by atoms with Crippen LogP contribution >= 0.6 is 0 Å². The summed E-state index contributed by atoms with van der Waals surface area (Å²) in [6.07, 6.45) is 1.29. The molecule has 1 amide bonds. The molecule has 0 aliphatic carbocycles. The van der Waals surface area contributed by atoms with E-state index in [0.29, 0.717) is 11.3 Å². The average molecular weight is 438 g/mol. The van der Waals surface area contributed by atoms with Gasteiger partial charge in [-0.1, -0.05) is 42.5 Å². The first-order valence-corrected chi connectivity index (χ1v) is 11.0. The number of aromatic hydroxyl groups is 1. The van der Waals surface area contributed by atoms with E-state index in [2.05, 4.69) is 10.5 Å². The topological polar surface area (TPSA) is 99.1 Å². The van der Waals surface area contributed by atoms with Crippen LogP contribution in [0.2, 0.25) is 0 Å². The SMILES string of the molecule is Cc1ccc(C)c(N(CC(=O)N/N=C\c2ccccc2O)S(=O)(=O)c2ccccc2)c1. The first-order chi connectivity index (χ1) is 14.8. The number of aryl methyl sites for hydroxylation is 2. The van der Waals surface area contributed by atoms with Crippen LogP contribution in [-0.2, 0) is 14.8 Å². The summed E-state index contributed by atoms with van der Waals surface area (Å²) in [5.74, 6) is -0.601. The lowest BCUT2D eigenvalue weighted by Gasteiger charge is -2.25. The van der Waals surface area contributed by atoms with Gasteiger partial charge in [-0.05, 0) is 55.3 Å². The minimum atomic E-state index is -3.99. The van der Waals surface area contributed by atoms with Gasteiger partial charge in [-0.25, -0.2) is 13.8 Å². The number of amides is 1. The van der Waals surface area contributed by atoms with E-state index < -0.39 is 22.5 Å². The molecule has 0 bridgehead atoms. The van der Waals surface area contributed by atoms with Crippen molar-refractivity contribution in [1.82, 2.24) is 5.43 Å². The van der Waals surface area contributed by atoms with Crippen LogP contribution in [0.15, 0.2) is 82.8 Å². The number of benzene rings is 3. The minimum absolute atomic E-state index is 0.0177. The number of hydrazone groups is 1. The number of hydrogen-bond acceptors (Lipinski definition) is 5. The van der Waals surface area contributed by atoms with Crippen molar-refractivity contribution >= 4 is 27.8 Å².